The number of benzene rings is 1. The third-order valence-electron chi connectivity index (χ3n) is 3.78. The molecule has 0 saturated carbocycles. The van der Waals surface area contributed by atoms with Crippen LogP contribution in [0.4, 0.5) is 5.69 Å². The lowest BCUT2D eigenvalue weighted by atomic mass is 9.95. The van der Waals surface area contributed by atoms with Gasteiger partial charge in [-0.15, -0.1) is 12.4 Å². The number of hydrogen-bond acceptors (Lipinski definition) is 5. The molecule has 7 nitrogen and oxygen atoms in total. The number of nitrogens with one attached hydrogen (secondary N) is 1. The zero-order valence-corrected chi connectivity index (χ0v) is 14.5. The highest BCUT2D eigenvalue weighted by molar-refractivity contribution is 7.89. The third-order valence-corrected chi connectivity index (χ3v) is 5.36. The van der Waals surface area contributed by atoms with Crippen molar-refractivity contribution in [1.29, 1.82) is 0 Å². The molecule has 22 heavy (non-hydrogen) atoms. The standard InChI is InChI=1S/C13H21N3O4S.ClH/c1-4-13(5-2,9-14)15-21(19,20)11-7-6-10(3)12(8-11)16(17)18;/h6-8,15H,4-5,9,14H2,1-3H3;1H. The average Bonchev–Trinajstić information content (AvgIpc) is 2.44. The molecular formula is C13H22ClN3O4S. The van der Waals surface area contributed by atoms with E-state index in [9.17, 15) is 18.5 Å². The average molecular weight is 352 g/mol. The normalized spacial score (nSPS) is 11.8. The number of hydrogen-bond donors (Lipinski definition) is 2. The minimum Gasteiger partial charge on any atom is -0.329 e. The molecule has 0 aliphatic heterocycles. The summed E-state index contributed by atoms with van der Waals surface area (Å²) >= 11 is 0. The van der Waals surface area contributed by atoms with Crippen LogP contribution < -0.4 is 10.5 Å². The maximum absolute atomic E-state index is 12.4. The highest BCUT2D eigenvalue weighted by atomic mass is 35.5. The Labute approximate surface area is 136 Å². The van der Waals surface area contributed by atoms with Gasteiger partial charge in [-0.25, -0.2) is 13.1 Å². The van der Waals surface area contributed by atoms with Crippen molar-refractivity contribution in [1.82, 2.24) is 4.72 Å². The molecule has 1 rings (SSSR count). The van der Waals surface area contributed by atoms with Crippen molar-refractivity contribution in [3.63, 3.8) is 0 Å². The molecule has 0 atom stereocenters. The Balaban J connectivity index is 0.00000441. The molecule has 0 fully saturated rings. The summed E-state index contributed by atoms with van der Waals surface area (Å²) in [5.41, 5.74) is 5.14. The quantitative estimate of drug-likeness (QED) is 0.576. The number of halogens is 1. The zero-order chi connectivity index (χ0) is 16.3. The number of rotatable bonds is 7. The number of nitrogens with two attached hydrogens (primary N) is 1. The van der Waals surface area contributed by atoms with E-state index in [0.29, 0.717) is 18.4 Å². The Bertz CT molecular complexity index is 622. The van der Waals surface area contributed by atoms with Crippen molar-refractivity contribution in [2.75, 3.05) is 6.54 Å². The number of nitro benzene ring substituents is 1. The summed E-state index contributed by atoms with van der Waals surface area (Å²) in [5, 5.41) is 10.9. The monoisotopic (exact) mass is 351 g/mol. The first-order valence-electron chi connectivity index (χ1n) is 6.70. The van der Waals surface area contributed by atoms with Gasteiger partial charge >= 0.3 is 0 Å². The van der Waals surface area contributed by atoms with E-state index in [2.05, 4.69) is 4.72 Å². The van der Waals surface area contributed by atoms with Crippen molar-refractivity contribution >= 4 is 28.1 Å². The molecule has 9 heteroatoms. The molecule has 0 radical (unpaired) electrons. The van der Waals surface area contributed by atoms with Crippen LogP contribution in [0.3, 0.4) is 0 Å². The van der Waals surface area contributed by atoms with Crippen LogP contribution in [0.1, 0.15) is 32.3 Å². The molecule has 0 aromatic heterocycles. The Morgan fingerprint density at radius 1 is 1.32 bits per heavy atom. The molecule has 0 unspecified atom stereocenters. The van der Waals surface area contributed by atoms with Crippen molar-refractivity contribution < 1.29 is 13.3 Å². The molecule has 0 spiro atoms. The smallest absolute Gasteiger partial charge is 0.273 e. The van der Waals surface area contributed by atoms with Crippen LogP contribution >= 0.6 is 12.4 Å². The second-order valence-electron chi connectivity index (χ2n) is 5.00. The molecule has 0 saturated heterocycles. The van der Waals surface area contributed by atoms with E-state index in [1.165, 1.54) is 12.1 Å². The molecule has 0 heterocycles. The molecule has 0 amide bonds. The summed E-state index contributed by atoms with van der Waals surface area (Å²) < 4.78 is 27.4. The largest absolute Gasteiger partial charge is 0.329 e. The molecule has 0 aliphatic rings. The fourth-order valence-electron chi connectivity index (χ4n) is 2.02. The van der Waals surface area contributed by atoms with Gasteiger partial charge in [-0.3, -0.25) is 10.1 Å². The number of nitrogens with zero attached hydrogens (tertiary/aromatic N) is 1. The first kappa shape index (κ1) is 20.8. The second-order valence-corrected chi connectivity index (χ2v) is 6.68. The van der Waals surface area contributed by atoms with Gasteiger partial charge in [-0.05, 0) is 25.8 Å². The maximum Gasteiger partial charge on any atom is 0.273 e. The van der Waals surface area contributed by atoms with E-state index in [1.54, 1.807) is 6.92 Å². The van der Waals surface area contributed by atoms with E-state index in [1.807, 2.05) is 13.8 Å². The van der Waals surface area contributed by atoms with Gasteiger partial charge in [0.15, 0.2) is 0 Å². The summed E-state index contributed by atoms with van der Waals surface area (Å²) in [6, 6.07) is 3.86. The molecular weight excluding hydrogens is 330 g/mol. The Hall–Kier alpha value is -1.22. The van der Waals surface area contributed by atoms with E-state index in [4.69, 9.17) is 5.73 Å². The van der Waals surface area contributed by atoms with Crippen LogP contribution in [0.15, 0.2) is 23.1 Å². The Morgan fingerprint density at radius 2 is 1.86 bits per heavy atom. The Morgan fingerprint density at radius 3 is 2.27 bits per heavy atom. The lowest BCUT2D eigenvalue weighted by Gasteiger charge is -2.30. The summed E-state index contributed by atoms with van der Waals surface area (Å²) in [6.07, 6.45) is 1.07. The lowest BCUT2D eigenvalue weighted by Crippen LogP contribution is -2.52. The van der Waals surface area contributed by atoms with E-state index >= 15 is 0 Å². The predicted molar refractivity (Wildman–Crippen MR) is 87.8 cm³/mol. The highest BCUT2D eigenvalue weighted by Gasteiger charge is 2.31. The van der Waals surface area contributed by atoms with Gasteiger partial charge < -0.3 is 5.73 Å². The van der Waals surface area contributed by atoms with E-state index in [-0.39, 0.29) is 29.5 Å². The fourth-order valence-corrected chi connectivity index (χ4v) is 3.60. The first-order chi connectivity index (χ1) is 9.71. The van der Waals surface area contributed by atoms with E-state index < -0.39 is 20.5 Å². The van der Waals surface area contributed by atoms with Gasteiger partial charge in [0, 0.05) is 23.7 Å². The van der Waals surface area contributed by atoms with Crippen molar-refractivity contribution in [2.24, 2.45) is 5.73 Å². The van der Waals surface area contributed by atoms with Gasteiger partial charge in [0.2, 0.25) is 10.0 Å². The minimum absolute atomic E-state index is 0. The van der Waals surface area contributed by atoms with Gasteiger partial charge in [0.05, 0.1) is 9.82 Å². The summed E-state index contributed by atoms with van der Waals surface area (Å²) in [6.45, 7) is 5.41. The van der Waals surface area contributed by atoms with Crippen LogP contribution in [0, 0.1) is 17.0 Å². The van der Waals surface area contributed by atoms with Gasteiger partial charge in [0.1, 0.15) is 0 Å². The number of sulfonamides is 1. The van der Waals surface area contributed by atoms with Crippen molar-refractivity contribution in [2.45, 2.75) is 44.0 Å². The maximum atomic E-state index is 12.4. The SMILES string of the molecule is CCC(CC)(CN)NS(=O)(=O)c1ccc(C)c([N+](=O)[O-])c1.Cl. The molecule has 0 aliphatic carbocycles. The van der Waals surface area contributed by atoms with Crippen LogP contribution in [0.5, 0.6) is 0 Å². The fraction of sp³-hybridized carbons (Fsp3) is 0.538. The molecule has 1 aromatic carbocycles. The molecule has 126 valence electrons. The number of aryl methyl sites for hydroxylation is 1. The Kier molecular flexibility index (Phi) is 7.43. The molecule has 0 bridgehead atoms. The lowest BCUT2D eigenvalue weighted by molar-refractivity contribution is -0.385. The van der Waals surface area contributed by atoms with Gasteiger partial charge in [-0.1, -0.05) is 19.9 Å². The summed E-state index contributed by atoms with van der Waals surface area (Å²) in [4.78, 5) is 10.2. The summed E-state index contributed by atoms with van der Waals surface area (Å²) in [5.74, 6) is 0. The van der Waals surface area contributed by atoms with Crippen LogP contribution in [-0.4, -0.2) is 25.4 Å². The van der Waals surface area contributed by atoms with Crippen LogP contribution in [-0.2, 0) is 10.0 Å². The van der Waals surface area contributed by atoms with Gasteiger partial charge in [-0.2, -0.15) is 0 Å². The first-order valence-corrected chi connectivity index (χ1v) is 8.18. The second kappa shape index (κ2) is 7.87. The predicted octanol–water partition coefficient (Wildman–Crippen LogP) is 2.12. The van der Waals surface area contributed by atoms with Crippen molar-refractivity contribution in [3.05, 3.63) is 33.9 Å². The van der Waals surface area contributed by atoms with Crippen molar-refractivity contribution in [3.8, 4) is 0 Å². The molecule has 3 N–H and O–H groups in total. The topological polar surface area (TPSA) is 115 Å². The minimum atomic E-state index is -3.86. The number of nitro groups is 1. The third kappa shape index (κ3) is 4.39. The highest BCUT2D eigenvalue weighted by Crippen LogP contribution is 2.24. The van der Waals surface area contributed by atoms with Gasteiger partial charge in [0.25, 0.3) is 5.69 Å². The zero-order valence-electron chi connectivity index (χ0n) is 12.8. The van der Waals surface area contributed by atoms with Crippen LogP contribution in [0.2, 0.25) is 0 Å². The van der Waals surface area contributed by atoms with Crippen LogP contribution in [0.25, 0.3) is 0 Å². The summed E-state index contributed by atoms with van der Waals surface area (Å²) in [7, 11) is -3.86. The van der Waals surface area contributed by atoms with E-state index in [0.717, 1.165) is 6.07 Å². The molecule has 1 aromatic rings.